The van der Waals surface area contributed by atoms with Gasteiger partial charge in [-0.25, -0.2) is 8.42 Å². The fraction of sp³-hybridized carbons (Fsp3) is 1.00. The molecule has 84 valence electrons. The second-order valence-corrected chi connectivity index (χ2v) is 6.42. The van der Waals surface area contributed by atoms with Gasteiger partial charge in [0.1, 0.15) is 0 Å². The van der Waals surface area contributed by atoms with Gasteiger partial charge in [-0.15, -0.1) is 0 Å². The van der Waals surface area contributed by atoms with Gasteiger partial charge in [0.15, 0.2) is 9.84 Å². The SMILES string of the molecule is CCC(CC)NCC1CCS(=O)(=O)C1. The highest BCUT2D eigenvalue weighted by molar-refractivity contribution is 7.91. The summed E-state index contributed by atoms with van der Waals surface area (Å²) in [5.41, 5.74) is 0. The number of hydrogen-bond acceptors (Lipinski definition) is 3. The maximum absolute atomic E-state index is 11.2. The van der Waals surface area contributed by atoms with Crippen molar-refractivity contribution < 1.29 is 8.42 Å². The van der Waals surface area contributed by atoms with Crippen LogP contribution < -0.4 is 5.32 Å². The Kier molecular flexibility index (Phi) is 4.38. The third-order valence-electron chi connectivity index (χ3n) is 3.01. The highest BCUT2D eigenvalue weighted by atomic mass is 32.2. The van der Waals surface area contributed by atoms with E-state index in [0.29, 0.717) is 23.5 Å². The normalized spacial score (nSPS) is 25.8. The van der Waals surface area contributed by atoms with Crippen molar-refractivity contribution in [2.75, 3.05) is 18.1 Å². The van der Waals surface area contributed by atoms with Crippen molar-refractivity contribution in [3.63, 3.8) is 0 Å². The molecule has 1 aliphatic heterocycles. The second kappa shape index (κ2) is 5.12. The first-order valence-corrected chi connectivity index (χ1v) is 7.33. The maximum Gasteiger partial charge on any atom is 0.150 e. The Morgan fingerprint density at radius 2 is 2.00 bits per heavy atom. The van der Waals surface area contributed by atoms with Gasteiger partial charge in [-0.05, 0) is 31.7 Å². The van der Waals surface area contributed by atoms with Crippen LogP contribution in [0.3, 0.4) is 0 Å². The zero-order chi connectivity index (χ0) is 10.6. The van der Waals surface area contributed by atoms with Crippen LogP contribution in [-0.2, 0) is 9.84 Å². The van der Waals surface area contributed by atoms with Gasteiger partial charge in [-0.3, -0.25) is 0 Å². The molecule has 0 aromatic heterocycles. The molecular weight excluding hydrogens is 198 g/mol. The zero-order valence-electron chi connectivity index (χ0n) is 9.12. The van der Waals surface area contributed by atoms with Gasteiger partial charge in [0, 0.05) is 6.04 Å². The van der Waals surface area contributed by atoms with Gasteiger partial charge in [-0.1, -0.05) is 13.8 Å². The molecule has 1 aliphatic rings. The Labute approximate surface area is 87.2 Å². The van der Waals surface area contributed by atoms with Crippen LogP contribution >= 0.6 is 0 Å². The Morgan fingerprint density at radius 1 is 1.36 bits per heavy atom. The third kappa shape index (κ3) is 3.58. The predicted octanol–water partition coefficient (Wildman–Crippen LogP) is 1.20. The lowest BCUT2D eigenvalue weighted by molar-refractivity contribution is 0.431. The smallest absolute Gasteiger partial charge is 0.150 e. The van der Waals surface area contributed by atoms with Crippen molar-refractivity contribution in [3.8, 4) is 0 Å². The first-order chi connectivity index (χ1) is 6.57. The predicted molar refractivity (Wildman–Crippen MR) is 59.1 cm³/mol. The van der Waals surface area contributed by atoms with Crippen molar-refractivity contribution in [1.29, 1.82) is 0 Å². The van der Waals surface area contributed by atoms with E-state index in [2.05, 4.69) is 19.2 Å². The van der Waals surface area contributed by atoms with E-state index in [1.807, 2.05) is 0 Å². The lowest BCUT2D eigenvalue weighted by atomic mass is 10.1. The average Bonchev–Trinajstić information content (AvgIpc) is 2.47. The average molecular weight is 219 g/mol. The molecular formula is C10H21NO2S. The summed E-state index contributed by atoms with van der Waals surface area (Å²) in [6.07, 6.45) is 3.08. The van der Waals surface area contributed by atoms with E-state index < -0.39 is 9.84 Å². The Bertz CT molecular complexity index is 257. The molecule has 0 aromatic carbocycles. The van der Waals surface area contributed by atoms with E-state index in [0.717, 1.165) is 25.8 Å². The lowest BCUT2D eigenvalue weighted by Gasteiger charge is -2.17. The summed E-state index contributed by atoms with van der Waals surface area (Å²) in [6.45, 7) is 5.19. The molecule has 14 heavy (non-hydrogen) atoms. The summed E-state index contributed by atoms with van der Waals surface area (Å²) in [5, 5.41) is 3.43. The topological polar surface area (TPSA) is 46.2 Å². The Morgan fingerprint density at radius 3 is 2.43 bits per heavy atom. The molecule has 1 rings (SSSR count). The molecule has 0 saturated carbocycles. The lowest BCUT2D eigenvalue weighted by Crippen LogP contribution is -2.32. The molecule has 1 atom stereocenters. The highest BCUT2D eigenvalue weighted by Gasteiger charge is 2.27. The Balaban J connectivity index is 2.26. The summed E-state index contributed by atoms with van der Waals surface area (Å²) in [5.74, 6) is 1.13. The van der Waals surface area contributed by atoms with E-state index in [-0.39, 0.29) is 0 Å². The van der Waals surface area contributed by atoms with Gasteiger partial charge in [-0.2, -0.15) is 0 Å². The third-order valence-corrected chi connectivity index (χ3v) is 4.84. The van der Waals surface area contributed by atoms with Crippen LogP contribution in [0, 0.1) is 5.92 Å². The van der Waals surface area contributed by atoms with Crippen LogP contribution in [0.15, 0.2) is 0 Å². The molecule has 0 aliphatic carbocycles. The minimum absolute atomic E-state index is 0.348. The van der Waals surface area contributed by atoms with Gasteiger partial charge >= 0.3 is 0 Å². The van der Waals surface area contributed by atoms with Gasteiger partial charge in [0.25, 0.3) is 0 Å². The summed E-state index contributed by atoms with van der Waals surface area (Å²) in [7, 11) is -2.70. The standard InChI is InChI=1S/C10H21NO2S/c1-3-10(4-2)11-7-9-5-6-14(12,13)8-9/h9-11H,3-8H2,1-2H3. The molecule has 0 radical (unpaired) electrons. The highest BCUT2D eigenvalue weighted by Crippen LogP contribution is 2.17. The molecule has 1 unspecified atom stereocenters. The van der Waals surface area contributed by atoms with E-state index in [4.69, 9.17) is 0 Å². The minimum atomic E-state index is -2.70. The van der Waals surface area contributed by atoms with E-state index in [1.165, 1.54) is 0 Å². The quantitative estimate of drug-likeness (QED) is 0.756. The number of sulfone groups is 1. The van der Waals surface area contributed by atoms with Crippen molar-refractivity contribution >= 4 is 9.84 Å². The Hall–Kier alpha value is -0.0900. The fourth-order valence-corrected chi connectivity index (χ4v) is 3.81. The number of nitrogens with one attached hydrogen (secondary N) is 1. The maximum atomic E-state index is 11.2. The van der Waals surface area contributed by atoms with E-state index in [9.17, 15) is 8.42 Å². The first kappa shape index (κ1) is 12.0. The zero-order valence-corrected chi connectivity index (χ0v) is 9.94. The number of rotatable bonds is 5. The minimum Gasteiger partial charge on any atom is -0.314 e. The summed E-state index contributed by atoms with van der Waals surface area (Å²) in [6, 6.07) is 0.554. The van der Waals surface area contributed by atoms with Crippen LogP contribution in [-0.4, -0.2) is 32.5 Å². The molecule has 1 heterocycles. The van der Waals surface area contributed by atoms with E-state index in [1.54, 1.807) is 0 Å². The number of hydrogen-bond donors (Lipinski definition) is 1. The molecule has 0 spiro atoms. The van der Waals surface area contributed by atoms with Crippen LogP contribution in [0.25, 0.3) is 0 Å². The largest absolute Gasteiger partial charge is 0.314 e. The van der Waals surface area contributed by atoms with Crippen LogP contribution in [0.1, 0.15) is 33.1 Å². The molecule has 4 heteroatoms. The van der Waals surface area contributed by atoms with Crippen molar-refractivity contribution in [2.45, 2.75) is 39.2 Å². The van der Waals surface area contributed by atoms with Crippen molar-refractivity contribution in [2.24, 2.45) is 5.92 Å². The van der Waals surface area contributed by atoms with Crippen LogP contribution in [0.5, 0.6) is 0 Å². The van der Waals surface area contributed by atoms with Crippen LogP contribution in [0.4, 0.5) is 0 Å². The van der Waals surface area contributed by atoms with Crippen molar-refractivity contribution in [3.05, 3.63) is 0 Å². The van der Waals surface area contributed by atoms with Gasteiger partial charge in [0.2, 0.25) is 0 Å². The van der Waals surface area contributed by atoms with Gasteiger partial charge < -0.3 is 5.32 Å². The fourth-order valence-electron chi connectivity index (χ4n) is 1.94. The molecule has 0 aromatic rings. The molecule has 0 amide bonds. The van der Waals surface area contributed by atoms with Crippen molar-refractivity contribution in [1.82, 2.24) is 5.32 Å². The monoisotopic (exact) mass is 219 g/mol. The summed E-state index contributed by atoms with van der Waals surface area (Å²) in [4.78, 5) is 0. The van der Waals surface area contributed by atoms with Crippen LogP contribution in [0.2, 0.25) is 0 Å². The first-order valence-electron chi connectivity index (χ1n) is 5.51. The second-order valence-electron chi connectivity index (χ2n) is 4.19. The molecule has 3 nitrogen and oxygen atoms in total. The summed E-state index contributed by atoms with van der Waals surface area (Å²) < 4.78 is 22.4. The molecule has 1 N–H and O–H groups in total. The molecule has 1 fully saturated rings. The molecule has 0 bridgehead atoms. The molecule has 1 saturated heterocycles. The van der Waals surface area contributed by atoms with Gasteiger partial charge in [0.05, 0.1) is 11.5 Å². The summed E-state index contributed by atoms with van der Waals surface area (Å²) >= 11 is 0. The van der Waals surface area contributed by atoms with E-state index >= 15 is 0 Å².